The number of hydrogen-bond acceptors (Lipinski definition) is 6. The Morgan fingerprint density at radius 3 is 2.59 bits per heavy atom. The summed E-state index contributed by atoms with van der Waals surface area (Å²) in [5.41, 5.74) is 1.35. The predicted octanol–water partition coefficient (Wildman–Crippen LogP) is 3.15. The summed E-state index contributed by atoms with van der Waals surface area (Å²) in [5, 5.41) is 6.79. The molecule has 0 radical (unpaired) electrons. The molecule has 1 aromatic carbocycles. The zero-order chi connectivity index (χ0) is 15.9. The third-order valence-corrected chi connectivity index (χ3v) is 3.67. The molecule has 1 N–H and O–H groups in total. The number of rotatable bonds is 7. The Bertz CT molecular complexity index is 643. The van der Waals surface area contributed by atoms with E-state index in [4.69, 9.17) is 9.47 Å². The van der Waals surface area contributed by atoms with Crippen molar-refractivity contribution >= 4 is 23.1 Å². The van der Waals surface area contributed by atoms with Gasteiger partial charge in [0.1, 0.15) is 4.88 Å². The van der Waals surface area contributed by atoms with E-state index in [2.05, 4.69) is 14.9 Å². The van der Waals surface area contributed by atoms with E-state index in [9.17, 15) is 4.79 Å². The first kappa shape index (κ1) is 16.2. The van der Waals surface area contributed by atoms with E-state index < -0.39 is 0 Å². The number of nitrogens with one attached hydrogen (secondary N) is 1. The van der Waals surface area contributed by atoms with E-state index in [-0.39, 0.29) is 5.91 Å². The van der Waals surface area contributed by atoms with Crippen molar-refractivity contribution in [2.45, 2.75) is 27.2 Å². The van der Waals surface area contributed by atoms with Crippen LogP contribution in [0.1, 0.15) is 36.1 Å². The first-order chi connectivity index (χ1) is 10.7. The monoisotopic (exact) mass is 321 g/mol. The van der Waals surface area contributed by atoms with Gasteiger partial charge in [0, 0.05) is 11.8 Å². The predicted molar refractivity (Wildman–Crippen MR) is 86.0 cm³/mol. The first-order valence-corrected chi connectivity index (χ1v) is 7.99. The normalized spacial score (nSPS) is 10.3. The van der Waals surface area contributed by atoms with Gasteiger partial charge >= 0.3 is 0 Å². The fraction of sp³-hybridized carbons (Fsp3) is 0.400. The zero-order valence-corrected chi connectivity index (χ0v) is 13.7. The van der Waals surface area contributed by atoms with Gasteiger partial charge in [-0.25, -0.2) is 0 Å². The molecular formula is C15H19N3O3S. The van der Waals surface area contributed by atoms with Gasteiger partial charge in [0.05, 0.1) is 18.9 Å². The Morgan fingerprint density at radius 2 is 1.91 bits per heavy atom. The lowest BCUT2D eigenvalue weighted by Gasteiger charge is -2.12. The maximum absolute atomic E-state index is 12.3. The van der Waals surface area contributed by atoms with Crippen LogP contribution in [0.2, 0.25) is 0 Å². The van der Waals surface area contributed by atoms with Gasteiger partial charge in [-0.05, 0) is 43.9 Å². The quantitative estimate of drug-likeness (QED) is 0.848. The van der Waals surface area contributed by atoms with Crippen molar-refractivity contribution < 1.29 is 14.3 Å². The molecular weight excluding hydrogens is 302 g/mol. The highest BCUT2D eigenvalue weighted by atomic mass is 32.1. The van der Waals surface area contributed by atoms with E-state index in [1.54, 1.807) is 18.2 Å². The second-order valence-corrected chi connectivity index (χ2v) is 5.14. The number of hydrogen-bond donors (Lipinski definition) is 1. The number of ether oxygens (including phenoxy) is 2. The standard InChI is InChI=1S/C15H19N3O3S/c1-4-11-14(22-18-17-11)15(19)16-10-7-8-12(20-5-2)13(9-10)21-6-3/h7-9H,4-6H2,1-3H3,(H,16,19). The van der Waals surface area contributed by atoms with Gasteiger partial charge in [-0.15, -0.1) is 5.10 Å². The van der Waals surface area contributed by atoms with E-state index in [1.807, 2.05) is 20.8 Å². The number of carbonyl (C=O) groups is 1. The summed E-state index contributed by atoms with van der Waals surface area (Å²) in [6.45, 7) is 6.83. The Morgan fingerprint density at radius 1 is 1.18 bits per heavy atom. The summed E-state index contributed by atoms with van der Waals surface area (Å²) >= 11 is 1.10. The lowest BCUT2D eigenvalue weighted by Crippen LogP contribution is -2.12. The number of aryl methyl sites for hydroxylation is 1. The molecule has 0 fully saturated rings. The number of benzene rings is 1. The molecule has 0 aliphatic heterocycles. The van der Waals surface area contributed by atoms with Crippen molar-refractivity contribution in [3.8, 4) is 11.5 Å². The molecule has 118 valence electrons. The summed E-state index contributed by atoms with van der Waals surface area (Å²) in [7, 11) is 0. The average molecular weight is 321 g/mol. The minimum absolute atomic E-state index is 0.210. The molecule has 0 aliphatic rings. The van der Waals surface area contributed by atoms with Crippen LogP contribution in [0.4, 0.5) is 5.69 Å². The molecule has 0 spiro atoms. The molecule has 0 bridgehead atoms. The molecule has 2 rings (SSSR count). The minimum Gasteiger partial charge on any atom is -0.490 e. The van der Waals surface area contributed by atoms with Crippen molar-refractivity contribution in [1.82, 2.24) is 9.59 Å². The van der Waals surface area contributed by atoms with Gasteiger partial charge in [0.15, 0.2) is 11.5 Å². The lowest BCUT2D eigenvalue weighted by atomic mass is 10.2. The summed E-state index contributed by atoms with van der Waals surface area (Å²) in [5.74, 6) is 1.06. The summed E-state index contributed by atoms with van der Waals surface area (Å²) in [6, 6.07) is 5.33. The molecule has 22 heavy (non-hydrogen) atoms. The van der Waals surface area contributed by atoms with Crippen LogP contribution < -0.4 is 14.8 Å². The van der Waals surface area contributed by atoms with Crippen LogP contribution in [0.25, 0.3) is 0 Å². The van der Waals surface area contributed by atoms with E-state index in [0.29, 0.717) is 47.4 Å². The highest BCUT2D eigenvalue weighted by Crippen LogP contribution is 2.31. The third kappa shape index (κ3) is 3.73. The van der Waals surface area contributed by atoms with Crippen LogP contribution in [-0.2, 0) is 6.42 Å². The number of anilines is 1. The van der Waals surface area contributed by atoms with Crippen LogP contribution in [0.15, 0.2) is 18.2 Å². The van der Waals surface area contributed by atoms with Crippen molar-refractivity contribution in [3.05, 3.63) is 28.8 Å². The average Bonchev–Trinajstić information content (AvgIpc) is 2.99. The Kier molecular flexibility index (Phi) is 5.71. The smallest absolute Gasteiger partial charge is 0.269 e. The molecule has 1 aromatic heterocycles. The largest absolute Gasteiger partial charge is 0.490 e. The molecule has 0 aliphatic carbocycles. The van der Waals surface area contributed by atoms with Crippen molar-refractivity contribution in [3.63, 3.8) is 0 Å². The maximum Gasteiger partial charge on any atom is 0.269 e. The minimum atomic E-state index is -0.210. The van der Waals surface area contributed by atoms with E-state index in [1.165, 1.54) is 0 Å². The Hall–Kier alpha value is -2.15. The fourth-order valence-electron chi connectivity index (χ4n) is 1.93. The third-order valence-electron chi connectivity index (χ3n) is 2.90. The summed E-state index contributed by atoms with van der Waals surface area (Å²) < 4.78 is 14.9. The molecule has 1 heterocycles. The van der Waals surface area contributed by atoms with Crippen molar-refractivity contribution in [2.75, 3.05) is 18.5 Å². The van der Waals surface area contributed by atoms with Crippen LogP contribution >= 0.6 is 11.5 Å². The molecule has 0 saturated heterocycles. The SMILES string of the molecule is CCOc1ccc(NC(=O)c2snnc2CC)cc1OCC. The lowest BCUT2D eigenvalue weighted by molar-refractivity contribution is 0.102. The van der Waals surface area contributed by atoms with Crippen LogP contribution in [0.3, 0.4) is 0 Å². The summed E-state index contributed by atoms with van der Waals surface area (Å²) in [6.07, 6.45) is 0.673. The van der Waals surface area contributed by atoms with E-state index >= 15 is 0 Å². The van der Waals surface area contributed by atoms with Gasteiger partial charge in [-0.2, -0.15) is 0 Å². The Labute approximate surface area is 133 Å². The van der Waals surface area contributed by atoms with Gasteiger partial charge < -0.3 is 14.8 Å². The van der Waals surface area contributed by atoms with Crippen LogP contribution in [0, 0.1) is 0 Å². The molecule has 2 aromatic rings. The Balaban J connectivity index is 2.18. The first-order valence-electron chi connectivity index (χ1n) is 7.21. The number of aromatic nitrogens is 2. The molecule has 0 unspecified atom stereocenters. The number of carbonyl (C=O) groups excluding carboxylic acids is 1. The topological polar surface area (TPSA) is 73.3 Å². The van der Waals surface area contributed by atoms with Gasteiger partial charge in [0.2, 0.25) is 0 Å². The van der Waals surface area contributed by atoms with Gasteiger partial charge in [0.25, 0.3) is 5.91 Å². The molecule has 7 heteroatoms. The second kappa shape index (κ2) is 7.74. The molecule has 0 atom stereocenters. The van der Waals surface area contributed by atoms with Crippen molar-refractivity contribution in [2.24, 2.45) is 0 Å². The van der Waals surface area contributed by atoms with Crippen LogP contribution in [-0.4, -0.2) is 28.7 Å². The van der Waals surface area contributed by atoms with Crippen LogP contribution in [0.5, 0.6) is 11.5 Å². The highest BCUT2D eigenvalue weighted by Gasteiger charge is 2.16. The van der Waals surface area contributed by atoms with Gasteiger partial charge in [-0.3, -0.25) is 4.79 Å². The second-order valence-electron chi connectivity index (χ2n) is 4.38. The number of amides is 1. The molecule has 1 amide bonds. The maximum atomic E-state index is 12.3. The molecule has 0 saturated carbocycles. The van der Waals surface area contributed by atoms with Crippen molar-refractivity contribution in [1.29, 1.82) is 0 Å². The fourth-order valence-corrected chi connectivity index (χ4v) is 2.57. The van der Waals surface area contributed by atoms with Gasteiger partial charge in [-0.1, -0.05) is 11.4 Å². The summed E-state index contributed by atoms with van der Waals surface area (Å²) in [4.78, 5) is 12.8. The number of nitrogens with zero attached hydrogens (tertiary/aromatic N) is 2. The molecule has 6 nitrogen and oxygen atoms in total. The zero-order valence-electron chi connectivity index (χ0n) is 12.9. The highest BCUT2D eigenvalue weighted by molar-refractivity contribution is 7.08. The van der Waals surface area contributed by atoms with E-state index in [0.717, 1.165) is 11.5 Å².